The SMILES string of the molecule is CCOC(=O)C1CN(Cc2ccc(Cl)cc2)C(=O)C1=O. The first kappa shape index (κ1) is 14.5. The van der Waals surface area contributed by atoms with Gasteiger partial charge in [0.05, 0.1) is 6.61 Å². The fraction of sp³-hybridized carbons (Fsp3) is 0.357. The van der Waals surface area contributed by atoms with Crippen LogP contribution in [0.1, 0.15) is 12.5 Å². The van der Waals surface area contributed by atoms with Gasteiger partial charge >= 0.3 is 5.97 Å². The number of ketones is 1. The zero-order valence-electron chi connectivity index (χ0n) is 11.0. The van der Waals surface area contributed by atoms with Crippen molar-refractivity contribution in [2.75, 3.05) is 13.2 Å². The number of likely N-dealkylation sites (tertiary alicyclic amines) is 1. The van der Waals surface area contributed by atoms with E-state index in [4.69, 9.17) is 16.3 Å². The molecule has 5 nitrogen and oxygen atoms in total. The van der Waals surface area contributed by atoms with Crippen LogP contribution in [0.5, 0.6) is 0 Å². The first-order valence-corrected chi connectivity index (χ1v) is 6.65. The number of hydrogen-bond donors (Lipinski definition) is 0. The highest BCUT2D eigenvalue weighted by atomic mass is 35.5. The van der Waals surface area contributed by atoms with Crippen molar-refractivity contribution in [3.8, 4) is 0 Å². The fourth-order valence-corrected chi connectivity index (χ4v) is 2.19. The van der Waals surface area contributed by atoms with Crippen molar-refractivity contribution in [3.63, 3.8) is 0 Å². The van der Waals surface area contributed by atoms with E-state index in [2.05, 4.69) is 0 Å². The summed E-state index contributed by atoms with van der Waals surface area (Å²) >= 11 is 5.78. The average Bonchev–Trinajstić information content (AvgIpc) is 2.70. The van der Waals surface area contributed by atoms with Crippen molar-refractivity contribution in [1.29, 1.82) is 0 Å². The lowest BCUT2D eigenvalue weighted by atomic mass is 10.1. The molecule has 1 aliphatic heterocycles. The predicted octanol–water partition coefficient (Wildman–Crippen LogP) is 1.43. The van der Waals surface area contributed by atoms with Crippen LogP contribution in [-0.2, 0) is 25.7 Å². The Morgan fingerprint density at radius 2 is 2.00 bits per heavy atom. The van der Waals surface area contributed by atoms with Crippen molar-refractivity contribution in [1.82, 2.24) is 4.90 Å². The van der Waals surface area contributed by atoms with Crippen LogP contribution in [0.25, 0.3) is 0 Å². The molecule has 0 aromatic heterocycles. The molecule has 1 unspecified atom stereocenters. The molecule has 1 aromatic carbocycles. The summed E-state index contributed by atoms with van der Waals surface area (Å²) in [6.45, 7) is 2.19. The predicted molar refractivity (Wildman–Crippen MR) is 72.0 cm³/mol. The number of amides is 1. The zero-order chi connectivity index (χ0) is 14.7. The van der Waals surface area contributed by atoms with Crippen LogP contribution >= 0.6 is 11.6 Å². The summed E-state index contributed by atoms with van der Waals surface area (Å²) in [5, 5.41) is 0.599. The quantitative estimate of drug-likeness (QED) is 0.479. The molecule has 1 aliphatic rings. The number of hydrogen-bond acceptors (Lipinski definition) is 4. The molecule has 0 saturated carbocycles. The van der Waals surface area contributed by atoms with Crippen molar-refractivity contribution in [2.45, 2.75) is 13.5 Å². The van der Waals surface area contributed by atoms with Crippen molar-refractivity contribution in [3.05, 3.63) is 34.9 Å². The van der Waals surface area contributed by atoms with Crippen LogP contribution in [0.2, 0.25) is 5.02 Å². The van der Waals surface area contributed by atoms with Crippen LogP contribution in [0.15, 0.2) is 24.3 Å². The van der Waals surface area contributed by atoms with Gasteiger partial charge in [0.2, 0.25) is 5.78 Å². The molecule has 0 N–H and O–H groups in total. The number of ether oxygens (including phenoxy) is 1. The summed E-state index contributed by atoms with van der Waals surface area (Å²) < 4.78 is 4.80. The monoisotopic (exact) mass is 295 g/mol. The summed E-state index contributed by atoms with van der Waals surface area (Å²) in [6, 6.07) is 6.97. The number of carbonyl (C=O) groups is 3. The van der Waals surface area contributed by atoms with E-state index < -0.39 is 23.6 Å². The highest BCUT2D eigenvalue weighted by Gasteiger charge is 2.43. The maximum absolute atomic E-state index is 11.8. The van der Waals surface area contributed by atoms with E-state index in [-0.39, 0.29) is 19.7 Å². The highest BCUT2D eigenvalue weighted by molar-refractivity contribution is 6.42. The van der Waals surface area contributed by atoms with Gasteiger partial charge < -0.3 is 9.64 Å². The van der Waals surface area contributed by atoms with E-state index in [1.807, 2.05) is 0 Å². The van der Waals surface area contributed by atoms with Crippen LogP contribution in [0.4, 0.5) is 0 Å². The minimum atomic E-state index is -1.00. The van der Waals surface area contributed by atoms with Gasteiger partial charge in [-0.1, -0.05) is 23.7 Å². The third kappa shape index (κ3) is 2.99. The second kappa shape index (κ2) is 6.05. The van der Waals surface area contributed by atoms with Gasteiger partial charge in [0.15, 0.2) is 0 Å². The van der Waals surface area contributed by atoms with Crippen molar-refractivity contribution in [2.24, 2.45) is 5.92 Å². The molecule has 1 fully saturated rings. The molecule has 0 spiro atoms. The highest BCUT2D eigenvalue weighted by Crippen LogP contribution is 2.19. The fourth-order valence-electron chi connectivity index (χ4n) is 2.06. The third-order valence-corrected chi connectivity index (χ3v) is 3.33. The molecule has 106 valence electrons. The smallest absolute Gasteiger partial charge is 0.318 e. The third-order valence-electron chi connectivity index (χ3n) is 3.08. The Morgan fingerprint density at radius 1 is 1.35 bits per heavy atom. The van der Waals surface area contributed by atoms with Gasteiger partial charge in [-0.15, -0.1) is 0 Å². The summed E-state index contributed by atoms with van der Waals surface area (Å²) in [5.41, 5.74) is 0.847. The number of esters is 1. The van der Waals surface area contributed by atoms with E-state index in [9.17, 15) is 14.4 Å². The maximum atomic E-state index is 11.8. The second-order valence-corrected chi connectivity index (χ2v) is 4.92. The van der Waals surface area contributed by atoms with E-state index in [0.29, 0.717) is 5.02 Å². The van der Waals surface area contributed by atoms with Crippen molar-refractivity contribution < 1.29 is 19.1 Å². The number of Topliss-reactive ketones (excluding diaryl/α,β-unsaturated/α-hetero) is 1. The Hall–Kier alpha value is -1.88. The number of nitrogens with zero attached hydrogens (tertiary/aromatic N) is 1. The minimum Gasteiger partial charge on any atom is -0.465 e. The van der Waals surface area contributed by atoms with E-state index in [1.54, 1.807) is 31.2 Å². The Labute approximate surface area is 121 Å². The molecule has 1 amide bonds. The molecule has 1 atom stereocenters. The molecule has 0 bridgehead atoms. The summed E-state index contributed by atoms with van der Waals surface area (Å²) in [4.78, 5) is 36.6. The molecule has 0 aliphatic carbocycles. The lowest BCUT2D eigenvalue weighted by Crippen LogP contribution is -2.26. The molecule has 0 radical (unpaired) electrons. The average molecular weight is 296 g/mol. The van der Waals surface area contributed by atoms with E-state index in [0.717, 1.165) is 5.56 Å². The van der Waals surface area contributed by atoms with Gasteiger partial charge in [0.1, 0.15) is 5.92 Å². The number of benzene rings is 1. The number of halogens is 1. The Bertz CT molecular complexity index is 541. The first-order valence-electron chi connectivity index (χ1n) is 6.27. The maximum Gasteiger partial charge on any atom is 0.318 e. The number of carbonyl (C=O) groups excluding carboxylic acids is 3. The summed E-state index contributed by atoms with van der Waals surface area (Å²) in [6.07, 6.45) is 0. The standard InChI is InChI=1S/C14H14ClNO4/c1-2-20-14(19)11-8-16(13(18)12(11)17)7-9-3-5-10(15)6-4-9/h3-6,11H,2,7-8H2,1H3. The van der Waals surface area contributed by atoms with E-state index >= 15 is 0 Å². The largest absolute Gasteiger partial charge is 0.465 e. The molecule has 2 rings (SSSR count). The van der Waals surface area contributed by atoms with Gasteiger partial charge in [0, 0.05) is 18.1 Å². The van der Waals surface area contributed by atoms with Crippen LogP contribution in [0.3, 0.4) is 0 Å². The summed E-state index contributed by atoms with van der Waals surface area (Å²) in [7, 11) is 0. The van der Waals surface area contributed by atoms with Crippen LogP contribution < -0.4 is 0 Å². The van der Waals surface area contributed by atoms with Gasteiger partial charge in [-0.25, -0.2) is 0 Å². The van der Waals surface area contributed by atoms with Crippen LogP contribution in [-0.4, -0.2) is 35.7 Å². The topological polar surface area (TPSA) is 63.7 Å². The van der Waals surface area contributed by atoms with Gasteiger partial charge in [-0.05, 0) is 24.6 Å². The van der Waals surface area contributed by atoms with Gasteiger partial charge in [-0.2, -0.15) is 0 Å². The Kier molecular flexibility index (Phi) is 4.39. The molecule has 1 aromatic rings. The molecular weight excluding hydrogens is 282 g/mol. The Morgan fingerprint density at radius 3 is 2.60 bits per heavy atom. The zero-order valence-corrected chi connectivity index (χ0v) is 11.7. The first-order chi connectivity index (χ1) is 9.52. The van der Waals surface area contributed by atoms with Gasteiger partial charge in [0.25, 0.3) is 5.91 Å². The lowest BCUT2D eigenvalue weighted by Gasteiger charge is -2.15. The van der Waals surface area contributed by atoms with E-state index in [1.165, 1.54) is 4.90 Å². The van der Waals surface area contributed by atoms with Gasteiger partial charge in [-0.3, -0.25) is 14.4 Å². The number of rotatable bonds is 4. The molecule has 6 heteroatoms. The molecular formula is C14H14ClNO4. The lowest BCUT2D eigenvalue weighted by molar-refractivity contribution is -0.151. The summed E-state index contributed by atoms with van der Waals surface area (Å²) in [5.74, 6) is -2.98. The molecule has 1 saturated heterocycles. The van der Waals surface area contributed by atoms with Crippen LogP contribution in [0, 0.1) is 5.92 Å². The molecule has 20 heavy (non-hydrogen) atoms. The molecule has 1 heterocycles. The Balaban J connectivity index is 2.07. The normalized spacial score (nSPS) is 18.5. The minimum absolute atomic E-state index is 0.0686. The van der Waals surface area contributed by atoms with Crippen molar-refractivity contribution >= 4 is 29.3 Å². The second-order valence-electron chi connectivity index (χ2n) is 4.48.